The Bertz CT molecular complexity index is 607. The standard InChI is InChI=1S/C12H16F2N2O3S/c1-7-4-9(2-3-19-7)16-20(17,18)11-6-8(15)5-10(13)12(11)14/h5-7,9,16H,2-4,15H2,1H3. The van der Waals surface area contributed by atoms with Gasteiger partial charge in [-0.3, -0.25) is 0 Å². The second-order valence-corrected chi connectivity index (χ2v) is 6.52. The Morgan fingerprint density at radius 2 is 2.10 bits per heavy atom. The van der Waals surface area contributed by atoms with Crippen molar-refractivity contribution in [2.45, 2.75) is 36.8 Å². The molecule has 2 atom stereocenters. The van der Waals surface area contributed by atoms with Gasteiger partial charge in [0.05, 0.1) is 6.10 Å². The van der Waals surface area contributed by atoms with Crippen LogP contribution in [0.3, 0.4) is 0 Å². The Morgan fingerprint density at radius 1 is 1.40 bits per heavy atom. The van der Waals surface area contributed by atoms with E-state index in [-0.39, 0.29) is 17.8 Å². The van der Waals surface area contributed by atoms with E-state index in [9.17, 15) is 17.2 Å². The fraction of sp³-hybridized carbons (Fsp3) is 0.500. The van der Waals surface area contributed by atoms with Crippen molar-refractivity contribution in [3.8, 4) is 0 Å². The summed E-state index contributed by atoms with van der Waals surface area (Å²) in [6.07, 6.45) is 0.876. The number of nitrogens with two attached hydrogens (primary N) is 1. The van der Waals surface area contributed by atoms with Crippen molar-refractivity contribution < 1.29 is 21.9 Å². The lowest BCUT2D eigenvalue weighted by atomic mass is 10.1. The zero-order valence-electron chi connectivity index (χ0n) is 10.9. The molecular weight excluding hydrogens is 290 g/mol. The van der Waals surface area contributed by atoms with Gasteiger partial charge in [0.15, 0.2) is 11.6 Å². The molecule has 8 heteroatoms. The first-order valence-corrected chi connectivity index (χ1v) is 7.66. The van der Waals surface area contributed by atoms with E-state index in [2.05, 4.69) is 4.72 Å². The molecular formula is C12H16F2N2O3S. The van der Waals surface area contributed by atoms with Crippen LogP contribution in [0.25, 0.3) is 0 Å². The molecule has 5 nitrogen and oxygen atoms in total. The van der Waals surface area contributed by atoms with Crippen LogP contribution >= 0.6 is 0 Å². The molecule has 1 heterocycles. The maximum atomic E-state index is 13.6. The van der Waals surface area contributed by atoms with Gasteiger partial charge >= 0.3 is 0 Å². The van der Waals surface area contributed by atoms with Gasteiger partial charge in [0.1, 0.15) is 4.90 Å². The van der Waals surface area contributed by atoms with Crippen LogP contribution in [-0.4, -0.2) is 27.2 Å². The van der Waals surface area contributed by atoms with Crippen LogP contribution < -0.4 is 10.5 Å². The van der Waals surface area contributed by atoms with Crippen molar-refractivity contribution in [3.05, 3.63) is 23.8 Å². The van der Waals surface area contributed by atoms with Gasteiger partial charge in [0, 0.05) is 18.3 Å². The molecule has 1 saturated heterocycles. The molecule has 0 bridgehead atoms. The molecule has 112 valence electrons. The zero-order chi connectivity index (χ0) is 14.9. The Labute approximate surface area is 116 Å². The topological polar surface area (TPSA) is 81.4 Å². The number of nitrogen functional groups attached to an aromatic ring is 1. The third-order valence-corrected chi connectivity index (χ3v) is 4.63. The summed E-state index contributed by atoms with van der Waals surface area (Å²) in [7, 11) is -4.16. The van der Waals surface area contributed by atoms with Gasteiger partial charge in [-0.25, -0.2) is 21.9 Å². The number of sulfonamides is 1. The van der Waals surface area contributed by atoms with E-state index in [4.69, 9.17) is 10.5 Å². The maximum Gasteiger partial charge on any atom is 0.243 e. The number of halogens is 2. The third kappa shape index (κ3) is 3.25. The van der Waals surface area contributed by atoms with Gasteiger partial charge < -0.3 is 10.5 Å². The maximum absolute atomic E-state index is 13.6. The first-order chi connectivity index (χ1) is 9.29. The number of rotatable bonds is 3. The normalized spacial score (nSPS) is 23.8. The summed E-state index contributed by atoms with van der Waals surface area (Å²) in [5.74, 6) is -2.71. The van der Waals surface area contributed by atoms with Crippen LogP contribution in [0.1, 0.15) is 19.8 Å². The van der Waals surface area contributed by atoms with Gasteiger partial charge in [-0.05, 0) is 31.9 Å². The first kappa shape index (κ1) is 15.1. The third-order valence-electron chi connectivity index (χ3n) is 3.11. The summed E-state index contributed by atoms with van der Waals surface area (Å²) in [5, 5.41) is 0. The lowest BCUT2D eigenvalue weighted by Gasteiger charge is -2.27. The summed E-state index contributed by atoms with van der Waals surface area (Å²) in [4.78, 5) is -0.769. The molecule has 2 rings (SSSR count). The molecule has 2 unspecified atom stereocenters. The fourth-order valence-corrected chi connectivity index (χ4v) is 3.57. The van der Waals surface area contributed by atoms with Crippen LogP contribution in [0.5, 0.6) is 0 Å². The van der Waals surface area contributed by atoms with Crippen molar-refractivity contribution in [1.82, 2.24) is 4.72 Å². The van der Waals surface area contributed by atoms with E-state index in [1.807, 2.05) is 6.92 Å². The van der Waals surface area contributed by atoms with E-state index < -0.39 is 26.6 Å². The number of hydrogen-bond acceptors (Lipinski definition) is 4. The average Bonchev–Trinajstić information content (AvgIpc) is 2.33. The Morgan fingerprint density at radius 3 is 2.75 bits per heavy atom. The summed E-state index contributed by atoms with van der Waals surface area (Å²) in [6.45, 7) is 2.24. The molecule has 0 saturated carbocycles. The molecule has 20 heavy (non-hydrogen) atoms. The van der Waals surface area contributed by atoms with Crippen LogP contribution in [0.2, 0.25) is 0 Å². The second kappa shape index (κ2) is 5.63. The van der Waals surface area contributed by atoms with Crippen LogP contribution in [0, 0.1) is 11.6 Å². The van der Waals surface area contributed by atoms with Crippen LogP contribution in [-0.2, 0) is 14.8 Å². The number of nitrogens with one attached hydrogen (secondary N) is 1. The van der Waals surface area contributed by atoms with E-state index in [1.165, 1.54) is 0 Å². The largest absolute Gasteiger partial charge is 0.399 e. The van der Waals surface area contributed by atoms with E-state index in [0.29, 0.717) is 19.4 Å². The average molecular weight is 306 g/mol. The minimum atomic E-state index is -4.16. The van der Waals surface area contributed by atoms with Gasteiger partial charge in [0.2, 0.25) is 10.0 Å². The van der Waals surface area contributed by atoms with Gasteiger partial charge in [-0.1, -0.05) is 0 Å². The summed E-state index contributed by atoms with van der Waals surface area (Å²) in [5.41, 5.74) is 5.21. The Balaban J connectivity index is 2.26. The van der Waals surface area contributed by atoms with E-state index in [0.717, 1.165) is 12.1 Å². The van der Waals surface area contributed by atoms with E-state index >= 15 is 0 Å². The predicted molar refractivity (Wildman–Crippen MR) is 69.5 cm³/mol. The lowest BCUT2D eigenvalue weighted by Crippen LogP contribution is -2.41. The second-order valence-electron chi connectivity index (χ2n) is 4.84. The van der Waals surface area contributed by atoms with Gasteiger partial charge in [0.25, 0.3) is 0 Å². The zero-order valence-corrected chi connectivity index (χ0v) is 11.7. The molecule has 0 aromatic heterocycles. The molecule has 1 aliphatic heterocycles. The number of ether oxygens (including phenoxy) is 1. The first-order valence-electron chi connectivity index (χ1n) is 6.18. The highest BCUT2D eigenvalue weighted by molar-refractivity contribution is 7.89. The fourth-order valence-electron chi connectivity index (χ4n) is 2.17. The van der Waals surface area contributed by atoms with Crippen molar-refractivity contribution in [1.29, 1.82) is 0 Å². The quantitative estimate of drug-likeness (QED) is 0.827. The van der Waals surface area contributed by atoms with Crippen molar-refractivity contribution in [3.63, 3.8) is 0 Å². The van der Waals surface area contributed by atoms with Crippen molar-refractivity contribution >= 4 is 15.7 Å². The summed E-state index contributed by atoms with van der Waals surface area (Å²) < 4.78 is 58.8. The Hall–Kier alpha value is -1.25. The number of anilines is 1. The molecule has 0 amide bonds. The molecule has 0 radical (unpaired) electrons. The van der Waals surface area contributed by atoms with Crippen LogP contribution in [0.4, 0.5) is 14.5 Å². The lowest BCUT2D eigenvalue weighted by molar-refractivity contribution is 0.0173. The SMILES string of the molecule is CC1CC(NS(=O)(=O)c2cc(N)cc(F)c2F)CCO1. The highest BCUT2D eigenvalue weighted by Gasteiger charge is 2.28. The summed E-state index contributed by atoms with van der Waals surface area (Å²) in [6, 6.07) is 1.28. The molecule has 1 fully saturated rings. The molecule has 1 aliphatic rings. The van der Waals surface area contributed by atoms with Crippen molar-refractivity contribution in [2.75, 3.05) is 12.3 Å². The van der Waals surface area contributed by atoms with Gasteiger partial charge in [-0.2, -0.15) is 0 Å². The summed E-state index contributed by atoms with van der Waals surface area (Å²) >= 11 is 0. The molecule has 0 spiro atoms. The molecule has 0 aliphatic carbocycles. The molecule has 1 aromatic carbocycles. The predicted octanol–water partition coefficient (Wildman–Crippen LogP) is 1.39. The van der Waals surface area contributed by atoms with Gasteiger partial charge in [-0.15, -0.1) is 0 Å². The smallest absolute Gasteiger partial charge is 0.243 e. The Kier molecular flexibility index (Phi) is 4.26. The highest BCUT2D eigenvalue weighted by Crippen LogP contribution is 2.23. The molecule has 3 N–H and O–H groups in total. The number of hydrogen-bond donors (Lipinski definition) is 2. The minimum absolute atomic E-state index is 0.0844. The molecule has 1 aromatic rings. The van der Waals surface area contributed by atoms with Crippen molar-refractivity contribution in [2.24, 2.45) is 0 Å². The monoisotopic (exact) mass is 306 g/mol. The number of benzene rings is 1. The van der Waals surface area contributed by atoms with E-state index in [1.54, 1.807) is 0 Å². The highest BCUT2D eigenvalue weighted by atomic mass is 32.2. The van der Waals surface area contributed by atoms with Crippen LogP contribution in [0.15, 0.2) is 17.0 Å². The minimum Gasteiger partial charge on any atom is -0.399 e.